The standard InChI is InChI=1S/C24H28N4O2/c1-4-5-6-13-30-21-11-8-19(9-12-21)16-25-28-24(29)23-15-22(26-27-23)20-10-7-17(2)18(3)14-20/h7-12,14-16H,4-6,13H2,1-3H3,(H,26,27)(H,28,29)/b25-16-. The van der Waals surface area contributed by atoms with Crippen LogP contribution in [-0.2, 0) is 0 Å². The van der Waals surface area contributed by atoms with Crippen LogP contribution in [0.1, 0.15) is 53.4 Å². The normalized spacial score (nSPS) is 11.0. The van der Waals surface area contributed by atoms with Crippen molar-refractivity contribution in [3.63, 3.8) is 0 Å². The molecule has 0 radical (unpaired) electrons. The van der Waals surface area contributed by atoms with Crippen molar-refractivity contribution in [3.8, 4) is 17.0 Å². The Morgan fingerprint density at radius 1 is 1.10 bits per heavy atom. The molecule has 0 unspecified atom stereocenters. The van der Waals surface area contributed by atoms with E-state index in [-0.39, 0.29) is 5.91 Å². The molecule has 6 nitrogen and oxygen atoms in total. The highest BCUT2D eigenvalue weighted by Gasteiger charge is 2.10. The Balaban J connectivity index is 1.53. The van der Waals surface area contributed by atoms with Gasteiger partial charge < -0.3 is 4.74 Å². The Morgan fingerprint density at radius 3 is 2.63 bits per heavy atom. The summed E-state index contributed by atoms with van der Waals surface area (Å²) in [5.41, 5.74) is 7.85. The highest BCUT2D eigenvalue weighted by molar-refractivity contribution is 5.94. The van der Waals surface area contributed by atoms with Crippen LogP contribution < -0.4 is 10.2 Å². The van der Waals surface area contributed by atoms with Gasteiger partial charge >= 0.3 is 0 Å². The number of unbranched alkanes of at least 4 members (excludes halogenated alkanes) is 2. The van der Waals surface area contributed by atoms with Crippen molar-refractivity contribution >= 4 is 12.1 Å². The lowest BCUT2D eigenvalue weighted by molar-refractivity contribution is 0.0950. The molecular weight excluding hydrogens is 376 g/mol. The monoisotopic (exact) mass is 404 g/mol. The maximum Gasteiger partial charge on any atom is 0.289 e. The van der Waals surface area contributed by atoms with E-state index in [4.69, 9.17) is 4.74 Å². The lowest BCUT2D eigenvalue weighted by Gasteiger charge is -2.05. The average Bonchev–Trinajstić information content (AvgIpc) is 3.25. The van der Waals surface area contributed by atoms with E-state index in [1.807, 2.05) is 36.4 Å². The summed E-state index contributed by atoms with van der Waals surface area (Å²) in [5.74, 6) is 0.494. The van der Waals surface area contributed by atoms with Crippen molar-refractivity contribution in [1.82, 2.24) is 15.6 Å². The van der Waals surface area contributed by atoms with Gasteiger partial charge in [-0.15, -0.1) is 0 Å². The van der Waals surface area contributed by atoms with Crippen LogP contribution >= 0.6 is 0 Å². The van der Waals surface area contributed by atoms with Crippen LogP contribution in [-0.4, -0.2) is 28.9 Å². The average molecular weight is 405 g/mol. The highest BCUT2D eigenvalue weighted by Crippen LogP contribution is 2.21. The van der Waals surface area contributed by atoms with Crippen molar-refractivity contribution in [2.24, 2.45) is 5.10 Å². The molecule has 2 N–H and O–H groups in total. The molecule has 6 heteroatoms. The minimum atomic E-state index is -0.343. The molecule has 3 rings (SSSR count). The van der Waals surface area contributed by atoms with Gasteiger partial charge in [-0.2, -0.15) is 10.2 Å². The minimum Gasteiger partial charge on any atom is -0.494 e. The maximum atomic E-state index is 12.3. The van der Waals surface area contributed by atoms with Crippen LogP contribution in [0.2, 0.25) is 0 Å². The molecule has 0 saturated carbocycles. The van der Waals surface area contributed by atoms with E-state index in [9.17, 15) is 4.79 Å². The van der Waals surface area contributed by atoms with E-state index >= 15 is 0 Å². The zero-order valence-corrected chi connectivity index (χ0v) is 17.7. The van der Waals surface area contributed by atoms with E-state index in [0.717, 1.165) is 35.6 Å². The molecular formula is C24H28N4O2. The van der Waals surface area contributed by atoms with Crippen LogP contribution in [0.3, 0.4) is 0 Å². The van der Waals surface area contributed by atoms with Crippen LogP contribution in [0, 0.1) is 13.8 Å². The van der Waals surface area contributed by atoms with Crippen molar-refractivity contribution < 1.29 is 9.53 Å². The molecule has 0 aliphatic heterocycles. The molecule has 2 aromatic carbocycles. The third-order valence-corrected chi connectivity index (χ3v) is 4.90. The number of nitrogens with zero attached hydrogens (tertiary/aromatic N) is 2. The summed E-state index contributed by atoms with van der Waals surface area (Å²) in [7, 11) is 0. The highest BCUT2D eigenvalue weighted by atomic mass is 16.5. The summed E-state index contributed by atoms with van der Waals surface area (Å²) in [6.45, 7) is 7.02. The van der Waals surface area contributed by atoms with Gasteiger partial charge in [-0.25, -0.2) is 5.43 Å². The number of ether oxygens (including phenoxy) is 1. The van der Waals surface area contributed by atoms with Gasteiger partial charge in [0.25, 0.3) is 5.91 Å². The number of nitrogens with one attached hydrogen (secondary N) is 2. The Bertz CT molecular complexity index is 1010. The SMILES string of the molecule is CCCCCOc1ccc(/C=N\NC(=O)c2cc(-c3ccc(C)c(C)c3)n[nH]2)cc1. The number of carbonyl (C=O) groups excluding carboxylic acids is 1. The molecule has 156 valence electrons. The number of amides is 1. The first kappa shape index (κ1) is 21.3. The summed E-state index contributed by atoms with van der Waals surface area (Å²) in [6.07, 6.45) is 5.01. The number of benzene rings is 2. The van der Waals surface area contributed by atoms with Gasteiger partial charge in [-0.1, -0.05) is 31.9 Å². The second kappa shape index (κ2) is 10.4. The summed E-state index contributed by atoms with van der Waals surface area (Å²) >= 11 is 0. The zero-order chi connectivity index (χ0) is 21.3. The number of hydrazone groups is 1. The molecule has 0 aliphatic carbocycles. The first-order chi connectivity index (χ1) is 14.6. The van der Waals surface area contributed by atoms with Crippen molar-refractivity contribution in [2.75, 3.05) is 6.61 Å². The topological polar surface area (TPSA) is 79.4 Å². The Kier molecular flexibility index (Phi) is 7.38. The van der Waals surface area contributed by atoms with Crippen molar-refractivity contribution in [1.29, 1.82) is 0 Å². The van der Waals surface area contributed by atoms with Crippen molar-refractivity contribution in [2.45, 2.75) is 40.0 Å². The molecule has 0 aliphatic rings. The van der Waals surface area contributed by atoms with E-state index in [1.54, 1.807) is 12.3 Å². The number of aryl methyl sites for hydroxylation is 2. The number of aromatic amines is 1. The molecule has 30 heavy (non-hydrogen) atoms. The summed E-state index contributed by atoms with van der Waals surface area (Å²) in [6, 6.07) is 15.4. The number of carbonyl (C=O) groups is 1. The van der Waals surface area contributed by atoms with Crippen LogP contribution in [0.15, 0.2) is 53.6 Å². The molecule has 3 aromatic rings. The summed E-state index contributed by atoms with van der Waals surface area (Å²) < 4.78 is 5.69. The van der Waals surface area contributed by atoms with Crippen LogP contribution in [0.5, 0.6) is 5.75 Å². The fourth-order valence-electron chi connectivity index (χ4n) is 2.90. The van der Waals surface area contributed by atoms with Gasteiger partial charge in [0.15, 0.2) is 0 Å². The molecule has 1 aromatic heterocycles. The third-order valence-electron chi connectivity index (χ3n) is 4.90. The number of aromatic nitrogens is 2. The lowest BCUT2D eigenvalue weighted by Crippen LogP contribution is -2.17. The molecule has 0 fully saturated rings. The third kappa shape index (κ3) is 5.80. The van der Waals surface area contributed by atoms with E-state index in [0.29, 0.717) is 5.69 Å². The van der Waals surface area contributed by atoms with Gasteiger partial charge in [0.05, 0.1) is 18.5 Å². The number of hydrogen-bond acceptors (Lipinski definition) is 4. The number of H-pyrrole nitrogens is 1. The van der Waals surface area contributed by atoms with E-state index in [1.165, 1.54) is 24.0 Å². The van der Waals surface area contributed by atoms with Gasteiger partial charge in [-0.3, -0.25) is 9.89 Å². The predicted molar refractivity (Wildman–Crippen MR) is 120 cm³/mol. The van der Waals surface area contributed by atoms with Crippen LogP contribution in [0.4, 0.5) is 0 Å². The lowest BCUT2D eigenvalue weighted by atomic mass is 10.0. The van der Waals surface area contributed by atoms with Gasteiger partial charge in [0, 0.05) is 5.56 Å². The first-order valence-corrected chi connectivity index (χ1v) is 10.3. The molecule has 1 heterocycles. The van der Waals surface area contributed by atoms with Gasteiger partial charge in [-0.05, 0) is 73.4 Å². The van der Waals surface area contributed by atoms with Gasteiger partial charge in [0.1, 0.15) is 11.4 Å². The number of rotatable bonds is 9. The second-order valence-corrected chi connectivity index (χ2v) is 7.29. The Hall–Kier alpha value is -3.41. The van der Waals surface area contributed by atoms with E-state index in [2.05, 4.69) is 47.6 Å². The molecule has 0 bridgehead atoms. The second-order valence-electron chi connectivity index (χ2n) is 7.29. The smallest absolute Gasteiger partial charge is 0.289 e. The van der Waals surface area contributed by atoms with Crippen LogP contribution in [0.25, 0.3) is 11.3 Å². The maximum absolute atomic E-state index is 12.3. The largest absolute Gasteiger partial charge is 0.494 e. The quantitative estimate of drug-likeness (QED) is 0.298. The molecule has 1 amide bonds. The van der Waals surface area contributed by atoms with Crippen molar-refractivity contribution in [3.05, 3.63) is 70.9 Å². The fourth-order valence-corrected chi connectivity index (χ4v) is 2.90. The fraction of sp³-hybridized carbons (Fsp3) is 0.292. The molecule has 0 spiro atoms. The zero-order valence-electron chi connectivity index (χ0n) is 17.7. The predicted octanol–water partition coefficient (Wildman–Crippen LogP) is 5.03. The Labute approximate surface area is 177 Å². The molecule has 0 saturated heterocycles. The Morgan fingerprint density at radius 2 is 1.90 bits per heavy atom. The molecule has 0 atom stereocenters. The van der Waals surface area contributed by atoms with E-state index < -0.39 is 0 Å². The minimum absolute atomic E-state index is 0.343. The van der Waals surface area contributed by atoms with Gasteiger partial charge in [0.2, 0.25) is 0 Å². The summed E-state index contributed by atoms with van der Waals surface area (Å²) in [4.78, 5) is 12.3. The summed E-state index contributed by atoms with van der Waals surface area (Å²) in [5, 5.41) is 11.0. The number of hydrogen-bond donors (Lipinski definition) is 2. The first-order valence-electron chi connectivity index (χ1n) is 10.3.